The summed E-state index contributed by atoms with van der Waals surface area (Å²) in [5.74, 6) is -1.64. The highest BCUT2D eigenvalue weighted by Crippen LogP contribution is 2.08. The summed E-state index contributed by atoms with van der Waals surface area (Å²) in [6.45, 7) is 5.14. The molecule has 39 heavy (non-hydrogen) atoms. The van der Waals surface area contributed by atoms with Gasteiger partial charge in [-0.15, -0.1) is 0 Å². The molecule has 0 bridgehead atoms. The van der Waals surface area contributed by atoms with Gasteiger partial charge in [-0.1, -0.05) is 50.6 Å². The molecule has 0 heterocycles. The Balaban J connectivity index is 0. The van der Waals surface area contributed by atoms with Crippen molar-refractivity contribution < 1.29 is 29.4 Å². The molecule has 2 rings (SSSR count). The Hall–Kier alpha value is -3.60. The fraction of sp³-hybridized carbons (Fsp3) is 0.448. The van der Waals surface area contributed by atoms with E-state index < -0.39 is 18.0 Å². The molecule has 0 fully saturated rings. The summed E-state index contributed by atoms with van der Waals surface area (Å²) in [6, 6.07) is 16.3. The Morgan fingerprint density at radius 3 is 1.87 bits per heavy atom. The Kier molecular flexibility index (Phi) is 25.1. The molecule has 1 atom stereocenters. The van der Waals surface area contributed by atoms with Crippen LogP contribution in [0.5, 0.6) is 0 Å². The normalized spacial score (nSPS) is 10.2. The van der Waals surface area contributed by atoms with E-state index >= 15 is 0 Å². The molecule has 0 aliphatic heterocycles. The molecular weight excluding hydrogens is 500 g/mol. The van der Waals surface area contributed by atoms with Crippen LogP contribution in [0, 0.1) is 0 Å². The van der Waals surface area contributed by atoms with Crippen LogP contribution in [0.4, 0.5) is 5.69 Å². The van der Waals surface area contributed by atoms with E-state index in [1.807, 2.05) is 32.0 Å². The van der Waals surface area contributed by atoms with E-state index in [4.69, 9.17) is 27.4 Å². The van der Waals surface area contributed by atoms with Gasteiger partial charge < -0.3 is 32.7 Å². The lowest BCUT2D eigenvalue weighted by Gasteiger charge is -2.03. The number of aliphatic carboxylic acids is 2. The number of nitrogens with one attached hydrogen (secondary N) is 1. The van der Waals surface area contributed by atoms with Gasteiger partial charge in [-0.2, -0.15) is 0 Å². The molecular formula is C29H46N4O6. The van der Waals surface area contributed by atoms with Gasteiger partial charge in [0.2, 0.25) is 5.91 Å². The molecule has 0 saturated carbocycles. The van der Waals surface area contributed by atoms with Crippen LogP contribution < -0.4 is 22.5 Å². The van der Waals surface area contributed by atoms with Gasteiger partial charge in [0, 0.05) is 24.1 Å². The van der Waals surface area contributed by atoms with Gasteiger partial charge in [-0.05, 0) is 75.0 Å². The van der Waals surface area contributed by atoms with E-state index in [9.17, 15) is 19.2 Å². The summed E-state index contributed by atoms with van der Waals surface area (Å²) >= 11 is 0. The standard InChI is InChI=1S/C11H13NO2.C8H11N.C6H14N2O2.C4H8O2/c1-2-3-11(14)12-10-6-4-9(8-13)5-7-10;9-7-6-8-4-2-1-3-5-8;7-4-2-1-3-5(8)6(9)10;1-2-3-4(5)6/h4-8H,2-3H2,1H3,(H,12,14);1-5H,6-7,9H2;5H,1-4,7-8H2,(H,9,10);2-3H2,1H3,(H,5,6)/t;;5-;/m..0./s1. The van der Waals surface area contributed by atoms with Crippen molar-refractivity contribution in [3.05, 3.63) is 65.7 Å². The zero-order chi connectivity index (χ0) is 29.9. The second kappa shape index (κ2) is 26.0. The largest absolute Gasteiger partial charge is 0.481 e. The summed E-state index contributed by atoms with van der Waals surface area (Å²) in [5, 5.41) is 19.0. The maximum atomic E-state index is 11.2. The minimum absolute atomic E-state index is 0.00588. The average molecular weight is 547 g/mol. The van der Waals surface area contributed by atoms with E-state index in [2.05, 4.69) is 17.4 Å². The molecule has 218 valence electrons. The molecule has 0 spiro atoms. The third-order valence-corrected chi connectivity index (χ3v) is 4.83. The lowest BCUT2D eigenvalue weighted by molar-refractivity contribution is -0.139. The van der Waals surface area contributed by atoms with Crippen molar-refractivity contribution in [3.63, 3.8) is 0 Å². The summed E-state index contributed by atoms with van der Waals surface area (Å²) < 4.78 is 0. The second-order valence-electron chi connectivity index (χ2n) is 8.44. The summed E-state index contributed by atoms with van der Waals surface area (Å²) in [5.41, 5.74) is 18.4. The summed E-state index contributed by atoms with van der Waals surface area (Å²) in [4.78, 5) is 41.3. The number of aldehydes is 1. The van der Waals surface area contributed by atoms with E-state index in [0.717, 1.165) is 50.6 Å². The number of nitrogens with two attached hydrogens (primary N) is 3. The third kappa shape index (κ3) is 24.5. The number of anilines is 1. The van der Waals surface area contributed by atoms with Crippen molar-refractivity contribution in [2.24, 2.45) is 17.2 Å². The van der Waals surface area contributed by atoms with E-state index in [1.54, 1.807) is 24.3 Å². The highest BCUT2D eigenvalue weighted by atomic mass is 16.4. The van der Waals surface area contributed by atoms with Crippen molar-refractivity contribution in [3.8, 4) is 0 Å². The second-order valence-corrected chi connectivity index (χ2v) is 8.44. The minimum atomic E-state index is -0.933. The maximum absolute atomic E-state index is 11.2. The molecule has 10 nitrogen and oxygen atoms in total. The van der Waals surface area contributed by atoms with Crippen LogP contribution in [-0.4, -0.2) is 53.5 Å². The minimum Gasteiger partial charge on any atom is -0.481 e. The molecule has 0 radical (unpaired) electrons. The van der Waals surface area contributed by atoms with Gasteiger partial charge in [0.1, 0.15) is 12.3 Å². The van der Waals surface area contributed by atoms with Crippen LogP contribution >= 0.6 is 0 Å². The van der Waals surface area contributed by atoms with Gasteiger partial charge in [0.15, 0.2) is 0 Å². The quantitative estimate of drug-likeness (QED) is 0.160. The van der Waals surface area contributed by atoms with Gasteiger partial charge in [-0.25, -0.2) is 0 Å². The van der Waals surface area contributed by atoms with Crippen LogP contribution in [0.15, 0.2) is 54.6 Å². The highest BCUT2D eigenvalue weighted by Gasteiger charge is 2.09. The predicted octanol–water partition coefficient (Wildman–Crippen LogP) is 3.82. The zero-order valence-electron chi connectivity index (χ0n) is 23.2. The number of carbonyl (C=O) groups excluding carboxylic acids is 2. The van der Waals surface area contributed by atoms with Crippen LogP contribution in [0.3, 0.4) is 0 Å². The van der Waals surface area contributed by atoms with Crippen molar-refractivity contribution in [1.82, 2.24) is 0 Å². The van der Waals surface area contributed by atoms with Crippen molar-refractivity contribution in [1.29, 1.82) is 0 Å². The Bertz CT molecular complexity index is 908. The number of amides is 1. The molecule has 0 unspecified atom stereocenters. The van der Waals surface area contributed by atoms with Gasteiger partial charge >= 0.3 is 11.9 Å². The smallest absolute Gasteiger partial charge is 0.320 e. The van der Waals surface area contributed by atoms with Crippen LogP contribution in [-0.2, 0) is 20.8 Å². The van der Waals surface area contributed by atoms with E-state index in [-0.39, 0.29) is 5.91 Å². The highest BCUT2D eigenvalue weighted by molar-refractivity contribution is 5.91. The lowest BCUT2D eigenvalue weighted by atomic mass is 10.1. The van der Waals surface area contributed by atoms with Gasteiger partial charge in [0.25, 0.3) is 0 Å². The first-order valence-corrected chi connectivity index (χ1v) is 13.1. The topological polar surface area (TPSA) is 199 Å². The Labute approximate surface area is 232 Å². The maximum Gasteiger partial charge on any atom is 0.320 e. The summed E-state index contributed by atoms with van der Waals surface area (Å²) in [6.07, 6.45) is 6.30. The number of rotatable bonds is 13. The third-order valence-electron chi connectivity index (χ3n) is 4.83. The predicted molar refractivity (Wildman–Crippen MR) is 156 cm³/mol. The molecule has 0 saturated heterocycles. The molecule has 2 aromatic carbocycles. The Morgan fingerprint density at radius 1 is 0.872 bits per heavy atom. The van der Waals surface area contributed by atoms with Crippen LogP contribution in [0.25, 0.3) is 0 Å². The monoisotopic (exact) mass is 546 g/mol. The first-order chi connectivity index (χ1) is 18.6. The number of carboxylic acid groups (broad SMARTS) is 2. The van der Waals surface area contributed by atoms with E-state index in [1.165, 1.54) is 5.56 Å². The number of unbranched alkanes of at least 4 members (excludes halogenated alkanes) is 1. The zero-order valence-corrected chi connectivity index (χ0v) is 23.2. The van der Waals surface area contributed by atoms with Crippen LogP contribution in [0.2, 0.25) is 0 Å². The fourth-order valence-electron chi connectivity index (χ4n) is 2.75. The SMILES string of the molecule is CCCC(=O)Nc1ccc(C=O)cc1.CCCC(=O)O.NCCCC[C@H](N)C(=O)O.NCCc1ccccc1. The molecule has 1 amide bonds. The average Bonchev–Trinajstić information content (AvgIpc) is 2.91. The number of carbonyl (C=O) groups is 4. The molecule has 10 heteroatoms. The number of carboxylic acids is 2. The molecule has 0 aliphatic carbocycles. The van der Waals surface area contributed by atoms with E-state index in [0.29, 0.717) is 31.4 Å². The van der Waals surface area contributed by atoms with Gasteiger partial charge in [-0.3, -0.25) is 19.2 Å². The van der Waals surface area contributed by atoms with Crippen LogP contribution in [0.1, 0.15) is 74.7 Å². The number of hydrogen-bond acceptors (Lipinski definition) is 7. The van der Waals surface area contributed by atoms with Crippen molar-refractivity contribution in [2.45, 2.75) is 71.3 Å². The first-order valence-electron chi connectivity index (χ1n) is 13.1. The molecule has 9 N–H and O–H groups in total. The van der Waals surface area contributed by atoms with Crippen molar-refractivity contribution in [2.75, 3.05) is 18.4 Å². The lowest BCUT2D eigenvalue weighted by Crippen LogP contribution is -2.29. The summed E-state index contributed by atoms with van der Waals surface area (Å²) in [7, 11) is 0. The Morgan fingerprint density at radius 2 is 1.46 bits per heavy atom. The molecule has 0 aliphatic rings. The first kappa shape index (κ1) is 37.6. The number of hydrogen-bond donors (Lipinski definition) is 6. The fourth-order valence-corrected chi connectivity index (χ4v) is 2.75. The molecule has 2 aromatic rings. The van der Waals surface area contributed by atoms with Crippen molar-refractivity contribution >= 4 is 29.8 Å². The molecule has 0 aromatic heterocycles. The van der Waals surface area contributed by atoms with Gasteiger partial charge in [0.05, 0.1) is 0 Å². The number of benzene rings is 2.